The first-order chi connectivity index (χ1) is 16.3. The first-order valence-corrected chi connectivity index (χ1v) is 12.6. The smallest absolute Gasteiger partial charge is 0.251 e. The van der Waals surface area contributed by atoms with Crippen LogP contribution < -0.4 is 10.6 Å². The van der Waals surface area contributed by atoms with E-state index in [1.807, 2.05) is 74.7 Å². The van der Waals surface area contributed by atoms with E-state index in [0.29, 0.717) is 23.1 Å². The zero-order chi connectivity index (χ0) is 24.7. The molecule has 3 rings (SSSR count). The van der Waals surface area contributed by atoms with Crippen LogP contribution in [0, 0.1) is 12.8 Å². The van der Waals surface area contributed by atoms with E-state index in [1.54, 1.807) is 6.07 Å². The van der Waals surface area contributed by atoms with Crippen molar-refractivity contribution in [2.75, 3.05) is 11.1 Å². The number of aromatic nitrogens is 3. The van der Waals surface area contributed by atoms with Crippen molar-refractivity contribution >= 4 is 29.3 Å². The number of carbonyl (C=O) groups excluding carboxylic acids is 2. The fourth-order valence-corrected chi connectivity index (χ4v) is 4.43. The van der Waals surface area contributed by atoms with E-state index in [2.05, 4.69) is 27.8 Å². The SMILES string of the molecule is CCc1ccc(NC(=O)CSc2nnc([C@@H](NC(=O)c3cccc(C)c3)C(C)C)n2CC)cc1. The number of aryl methyl sites for hydroxylation is 2. The van der Waals surface area contributed by atoms with Crippen LogP contribution in [0.2, 0.25) is 0 Å². The first-order valence-electron chi connectivity index (χ1n) is 11.6. The maximum atomic E-state index is 12.9. The van der Waals surface area contributed by atoms with E-state index in [9.17, 15) is 9.59 Å². The highest BCUT2D eigenvalue weighted by Crippen LogP contribution is 2.26. The molecule has 0 spiro atoms. The van der Waals surface area contributed by atoms with Gasteiger partial charge < -0.3 is 15.2 Å². The Morgan fingerprint density at radius 3 is 2.41 bits per heavy atom. The molecule has 2 N–H and O–H groups in total. The van der Waals surface area contributed by atoms with Crippen molar-refractivity contribution in [2.24, 2.45) is 5.92 Å². The van der Waals surface area contributed by atoms with Gasteiger partial charge in [0.05, 0.1) is 11.8 Å². The van der Waals surface area contributed by atoms with Gasteiger partial charge in [0.2, 0.25) is 5.91 Å². The largest absolute Gasteiger partial charge is 0.342 e. The highest BCUT2D eigenvalue weighted by molar-refractivity contribution is 7.99. The Kier molecular flexibility index (Phi) is 8.87. The molecule has 0 aliphatic heterocycles. The van der Waals surface area contributed by atoms with Gasteiger partial charge in [-0.3, -0.25) is 9.59 Å². The number of hydrogen-bond donors (Lipinski definition) is 2. The average molecular weight is 480 g/mol. The van der Waals surface area contributed by atoms with Gasteiger partial charge in [-0.15, -0.1) is 10.2 Å². The third kappa shape index (κ3) is 6.47. The molecule has 1 heterocycles. The summed E-state index contributed by atoms with van der Waals surface area (Å²) in [6.45, 7) is 10.8. The Hall–Kier alpha value is -3.13. The summed E-state index contributed by atoms with van der Waals surface area (Å²) in [6.07, 6.45) is 0.960. The molecule has 2 amide bonds. The third-order valence-electron chi connectivity index (χ3n) is 5.55. The summed E-state index contributed by atoms with van der Waals surface area (Å²) in [7, 11) is 0. The second kappa shape index (κ2) is 11.8. The van der Waals surface area contributed by atoms with Crippen molar-refractivity contribution in [1.82, 2.24) is 20.1 Å². The molecule has 34 heavy (non-hydrogen) atoms. The molecule has 1 aromatic heterocycles. The molecule has 0 fully saturated rings. The van der Waals surface area contributed by atoms with E-state index in [1.165, 1.54) is 17.3 Å². The molecular formula is C26H33N5O2S. The average Bonchev–Trinajstić information content (AvgIpc) is 3.23. The number of thioether (sulfide) groups is 1. The summed E-state index contributed by atoms with van der Waals surface area (Å²) in [4.78, 5) is 25.4. The Labute approximate surface area is 205 Å². The molecule has 8 heteroatoms. The van der Waals surface area contributed by atoms with Gasteiger partial charge in [0.15, 0.2) is 11.0 Å². The van der Waals surface area contributed by atoms with Crippen LogP contribution in [0.3, 0.4) is 0 Å². The summed E-state index contributed by atoms with van der Waals surface area (Å²) < 4.78 is 1.97. The number of amides is 2. The molecule has 0 saturated heterocycles. The molecule has 0 saturated carbocycles. The lowest BCUT2D eigenvalue weighted by atomic mass is 10.0. The zero-order valence-electron chi connectivity index (χ0n) is 20.5. The molecule has 0 bridgehead atoms. The van der Waals surface area contributed by atoms with Crippen molar-refractivity contribution in [3.05, 3.63) is 71.0 Å². The second-order valence-corrected chi connectivity index (χ2v) is 9.48. The van der Waals surface area contributed by atoms with Crippen LogP contribution in [0.15, 0.2) is 53.7 Å². The topological polar surface area (TPSA) is 88.9 Å². The van der Waals surface area contributed by atoms with Crippen molar-refractivity contribution in [2.45, 2.75) is 58.8 Å². The number of nitrogens with zero attached hydrogens (tertiary/aromatic N) is 3. The molecule has 0 radical (unpaired) electrons. The van der Waals surface area contributed by atoms with Crippen LogP contribution in [0.4, 0.5) is 5.69 Å². The van der Waals surface area contributed by atoms with Crippen LogP contribution in [0.1, 0.15) is 61.0 Å². The van der Waals surface area contributed by atoms with E-state index in [4.69, 9.17) is 0 Å². The van der Waals surface area contributed by atoms with Gasteiger partial charge in [0.25, 0.3) is 5.91 Å². The number of anilines is 1. The molecule has 1 atom stereocenters. The van der Waals surface area contributed by atoms with Gasteiger partial charge in [0.1, 0.15) is 0 Å². The minimum atomic E-state index is -0.305. The predicted octanol–water partition coefficient (Wildman–Crippen LogP) is 5.03. The monoisotopic (exact) mass is 479 g/mol. The quantitative estimate of drug-likeness (QED) is 0.398. The van der Waals surface area contributed by atoms with Crippen LogP contribution in [-0.2, 0) is 17.8 Å². The van der Waals surface area contributed by atoms with Crippen LogP contribution in [0.25, 0.3) is 0 Å². The number of nitrogens with one attached hydrogen (secondary N) is 2. The van der Waals surface area contributed by atoms with Gasteiger partial charge >= 0.3 is 0 Å². The molecule has 0 unspecified atom stereocenters. The minimum absolute atomic E-state index is 0.102. The summed E-state index contributed by atoms with van der Waals surface area (Å²) in [5, 5.41) is 15.4. The van der Waals surface area contributed by atoms with Gasteiger partial charge in [0, 0.05) is 17.8 Å². The summed E-state index contributed by atoms with van der Waals surface area (Å²) in [5.74, 6) is 0.771. The van der Waals surface area contributed by atoms with Crippen molar-refractivity contribution in [1.29, 1.82) is 0 Å². The molecule has 7 nitrogen and oxygen atoms in total. The van der Waals surface area contributed by atoms with Gasteiger partial charge in [-0.2, -0.15) is 0 Å². The van der Waals surface area contributed by atoms with Crippen molar-refractivity contribution in [3.8, 4) is 0 Å². The fourth-order valence-electron chi connectivity index (χ4n) is 3.63. The Morgan fingerprint density at radius 2 is 1.79 bits per heavy atom. The Morgan fingerprint density at radius 1 is 1.06 bits per heavy atom. The van der Waals surface area contributed by atoms with Crippen LogP contribution in [-0.4, -0.2) is 32.3 Å². The molecule has 3 aromatic rings. The van der Waals surface area contributed by atoms with Gasteiger partial charge in [-0.1, -0.05) is 62.4 Å². The predicted molar refractivity (Wildman–Crippen MR) is 137 cm³/mol. The Bertz CT molecular complexity index is 1120. The molecule has 0 aliphatic rings. The summed E-state index contributed by atoms with van der Waals surface area (Å²) in [5.41, 5.74) is 3.65. The fraction of sp³-hybridized carbons (Fsp3) is 0.385. The summed E-state index contributed by atoms with van der Waals surface area (Å²) in [6, 6.07) is 15.1. The minimum Gasteiger partial charge on any atom is -0.342 e. The van der Waals surface area contributed by atoms with Gasteiger partial charge in [-0.25, -0.2) is 0 Å². The lowest BCUT2D eigenvalue weighted by Gasteiger charge is -2.22. The number of benzene rings is 2. The Balaban J connectivity index is 1.69. The number of hydrogen-bond acceptors (Lipinski definition) is 5. The lowest BCUT2D eigenvalue weighted by Crippen LogP contribution is -2.33. The van der Waals surface area contributed by atoms with E-state index >= 15 is 0 Å². The highest BCUT2D eigenvalue weighted by atomic mass is 32.2. The maximum absolute atomic E-state index is 12.9. The standard InChI is InChI=1S/C26H33N5O2S/c1-6-19-11-13-21(14-12-19)27-22(32)16-34-26-30-29-24(31(26)7-2)23(17(3)4)28-25(33)20-10-8-9-18(5)15-20/h8-15,17,23H,6-7,16H2,1-5H3,(H,27,32)(H,28,33)/t23-/m0/s1. The first kappa shape index (κ1) is 25.5. The van der Waals surface area contributed by atoms with Crippen molar-refractivity contribution in [3.63, 3.8) is 0 Å². The lowest BCUT2D eigenvalue weighted by molar-refractivity contribution is -0.113. The third-order valence-corrected chi connectivity index (χ3v) is 6.52. The van der Waals surface area contributed by atoms with Gasteiger partial charge in [-0.05, 0) is 56.0 Å². The molecular weight excluding hydrogens is 446 g/mol. The highest BCUT2D eigenvalue weighted by Gasteiger charge is 2.26. The van der Waals surface area contributed by atoms with E-state index in [-0.39, 0.29) is 29.5 Å². The van der Waals surface area contributed by atoms with Crippen LogP contribution >= 0.6 is 11.8 Å². The normalized spacial score (nSPS) is 11.9. The van der Waals surface area contributed by atoms with E-state index in [0.717, 1.165) is 17.7 Å². The van der Waals surface area contributed by atoms with Crippen molar-refractivity contribution < 1.29 is 9.59 Å². The maximum Gasteiger partial charge on any atom is 0.251 e. The molecule has 0 aliphatic carbocycles. The number of rotatable bonds is 10. The second-order valence-electron chi connectivity index (χ2n) is 8.54. The van der Waals surface area contributed by atoms with Crippen LogP contribution in [0.5, 0.6) is 0 Å². The summed E-state index contributed by atoms with van der Waals surface area (Å²) >= 11 is 1.34. The van der Waals surface area contributed by atoms with E-state index < -0.39 is 0 Å². The molecule has 2 aromatic carbocycles. The number of carbonyl (C=O) groups is 2. The molecule has 180 valence electrons. The zero-order valence-corrected chi connectivity index (χ0v) is 21.3.